The van der Waals surface area contributed by atoms with Gasteiger partial charge in [0.25, 0.3) is 5.91 Å². The van der Waals surface area contributed by atoms with Gasteiger partial charge < -0.3 is 9.80 Å². The fraction of sp³-hybridized carbons (Fsp3) is 0.321. The summed E-state index contributed by atoms with van der Waals surface area (Å²) in [7, 11) is 0. The molecular weight excluding hydrogens is 426 g/mol. The second-order valence-corrected chi connectivity index (χ2v) is 9.34. The number of benzene rings is 3. The quantitative estimate of drug-likeness (QED) is 0.375. The standard InChI is InChI=1S/C28H33N3OS/c1-6-29(7-2)22-14-16-24-26(18-22)33-27-19-23(30(8-3)9-4)15-17-25(27)31(24)28(32)21-12-10-20(5)11-13-21/h10-19H,6-9H2,1-5H3. The summed E-state index contributed by atoms with van der Waals surface area (Å²) in [4.78, 5) is 22.6. The van der Waals surface area contributed by atoms with Crippen molar-refractivity contribution in [1.29, 1.82) is 0 Å². The van der Waals surface area contributed by atoms with Crippen molar-refractivity contribution in [3.8, 4) is 0 Å². The zero-order chi connectivity index (χ0) is 23.5. The molecule has 3 aromatic carbocycles. The number of carbonyl (C=O) groups excluding carboxylic acids is 1. The van der Waals surface area contributed by atoms with Gasteiger partial charge in [-0.25, -0.2) is 0 Å². The first-order valence-corrected chi connectivity index (χ1v) is 12.7. The highest BCUT2D eigenvalue weighted by atomic mass is 32.2. The maximum Gasteiger partial charge on any atom is 0.262 e. The van der Waals surface area contributed by atoms with E-state index in [1.54, 1.807) is 11.8 Å². The van der Waals surface area contributed by atoms with Gasteiger partial charge in [0.15, 0.2) is 0 Å². The summed E-state index contributed by atoms with van der Waals surface area (Å²) in [5, 5.41) is 0. The second kappa shape index (κ2) is 9.92. The van der Waals surface area contributed by atoms with E-state index in [9.17, 15) is 4.79 Å². The third-order valence-electron chi connectivity index (χ3n) is 6.35. The maximum atomic E-state index is 13.8. The fourth-order valence-electron chi connectivity index (χ4n) is 4.40. The summed E-state index contributed by atoms with van der Waals surface area (Å²) in [5.41, 5.74) is 6.13. The highest BCUT2D eigenvalue weighted by molar-refractivity contribution is 7.99. The number of aryl methyl sites for hydroxylation is 1. The maximum absolute atomic E-state index is 13.8. The molecule has 0 atom stereocenters. The summed E-state index contributed by atoms with van der Waals surface area (Å²) in [6.07, 6.45) is 0. The molecular formula is C28H33N3OS. The third kappa shape index (κ3) is 4.47. The molecule has 1 aliphatic rings. The highest BCUT2D eigenvalue weighted by Crippen LogP contribution is 2.50. The van der Waals surface area contributed by atoms with Crippen LogP contribution in [-0.4, -0.2) is 32.1 Å². The third-order valence-corrected chi connectivity index (χ3v) is 7.44. The largest absolute Gasteiger partial charge is 0.372 e. The Morgan fingerprint density at radius 2 is 1.18 bits per heavy atom. The van der Waals surface area contributed by atoms with E-state index in [4.69, 9.17) is 0 Å². The summed E-state index contributed by atoms with van der Waals surface area (Å²) in [6, 6.07) is 20.8. The molecule has 1 amide bonds. The van der Waals surface area contributed by atoms with Crippen LogP contribution in [0.4, 0.5) is 22.7 Å². The molecule has 0 unspecified atom stereocenters. The lowest BCUT2D eigenvalue weighted by molar-refractivity contribution is 0.0998. The van der Waals surface area contributed by atoms with Crippen LogP contribution in [0.1, 0.15) is 43.6 Å². The molecule has 0 saturated carbocycles. The van der Waals surface area contributed by atoms with Gasteiger partial charge >= 0.3 is 0 Å². The molecule has 172 valence electrons. The van der Waals surface area contributed by atoms with Crippen LogP contribution >= 0.6 is 11.8 Å². The zero-order valence-corrected chi connectivity index (χ0v) is 21.1. The van der Waals surface area contributed by atoms with Crippen LogP contribution in [-0.2, 0) is 0 Å². The van der Waals surface area contributed by atoms with Gasteiger partial charge in [-0.05, 0) is 83.1 Å². The Kier molecular flexibility index (Phi) is 6.99. The molecule has 0 aliphatic carbocycles. The van der Waals surface area contributed by atoms with Crippen molar-refractivity contribution in [1.82, 2.24) is 0 Å². The van der Waals surface area contributed by atoms with Crippen molar-refractivity contribution >= 4 is 40.4 Å². The summed E-state index contributed by atoms with van der Waals surface area (Å²) in [6.45, 7) is 14.6. The molecule has 1 heterocycles. The van der Waals surface area contributed by atoms with E-state index in [0.29, 0.717) is 5.56 Å². The molecule has 4 rings (SSSR count). The molecule has 1 aliphatic heterocycles. The second-order valence-electron chi connectivity index (χ2n) is 8.26. The van der Waals surface area contributed by atoms with E-state index in [0.717, 1.165) is 52.9 Å². The Labute approximate surface area is 202 Å². The van der Waals surface area contributed by atoms with E-state index in [1.807, 2.05) is 36.1 Å². The smallest absolute Gasteiger partial charge is 0.262 e. The molecule has 0 N–H and O–H groups in total. The molecule has 0 saturated heterocycles. The SMILES string of the molecule is CCN(CC)c1ccc2c(c1)Sc1cc(N(CC)CC)ccc1N2C(=O)c1ccc(C)cc1. The average Bonchev–Trinajstić information content (AvgIpc) is 2.84. The van der Waals surface area contributed by atoms with Gasteiger partial charge in [0.05, 0.1) is 11.4 Å². The first-order chi connectivity index (χ1) is 16.0. The minimum absolute atomic E-state index is 0.00368. The van der Waals surface area contributed by atoms with Crippen molar-refractivity contribution in [3.05, 3.63) is 71.8 Å². The minimum atomic E-state index is 0.00368. The molecule has 0 bridgehead atoms. The highest BCUT2D eigenvalue weighted by Gasteiger charge is 2.30. The van der Waals surface area contributed by atoms with Gasteiger partial charge in [0.2, 0.25) is 0 Å². The average molecular weight is 460 g/mol. The topological polar surface area (TPSA) is 26.8 Å². The van der Waals surface area contributed by atoms with Gasteiger partial charge in [-0.15, -0.1) is 0 Å². The van der Waals surface area contributed by atoms with Crippen LogP contribution in [0.15, 0.2) is 70.5 Å². The lowest BCUT2D eigenvalue weighted by Gasteiger charge is -2.33. The summed E-state index contributed by atoms with van der Waals surface area (Å²) in [5.74, 6) is 0.00368. The van der Waals surface area contributed by atoms with Crippen LogP contribution in [0, 0.1) is 6.92 Å². The van der Waals surface area contributed by atoms with Crippen molar-refractivity contribution in [2.45, 2.75) is 44.4 Å². The Morgan fingerprint density at radius 3 is 1.61 bits per heavy atom. The van der Waals surface area contributed by atoms with Crippen molar-refractivity contribution in [3.63, 3.8) is 0 Å². The Morgan fingerprint density at radius 1 is 0.727 bits per heavy atom. The number of fused-ring (bicyclic) bond motifs is 2. The van der Waals surface area contributed by atoms with E-state index in [-0.39, 0.29) is 5.91 Å². The van der Waals surface area contributed by atoms with E-state index in [2.05, 4.69) is 73.9 Å². The zero-order valence-electron chi connectivity index (χ0n) is 20.3. The number of rotatable bonds is 7. The van der Waals surface area contributed by atoms with E-state index >= 15 is 0 Å². The van der Waals surface area contributed by atoms with Gasteiger partial charge in [0, 0.05) is 52.9 Å². The molecule has 5 heteroatoms. The van der Waals surface area contributed by atoms with Gasteiger partial charge in [-0.1, -0.05) is 29.5 Å². The van der Waals surface area contributed by atoms with Crippen molar-refractivity contribution in [2.24, 2.45) is 0 Å². The minimum Gasteiger partial charge on any atom is -0.372 e. The molecule has 33 heavy (non-hydrogen) atoms. The molecule has 0 fully saturated rings. The molecule has 0 radical (unpaired) electrons. The number of hydrogen-bond donors (Lipinski definition) is 0. The van der Waals surface area contributed by atoms with Gasteiger partial charge in [-0.2, -0.15) is 0 Å². The number of carbonyl (C=O) groups is 1. The van der Waals surface area contributed by atoms with E-state index < -0.39 is 0 Å². The van der Waals surface area contributed by atoms with Crippen LogP contribution in [0.2, 0.25) is 0 Å². The summed E-state index contributed by atoms with van der Waals surface area (Å²) >= 11 is 1.76. The number of hydrogen-bond acceptors (Lipinski definition) is 4. The Balaban J connectivity index is 1.84. The predicted molar refractivity (Wildman–Crippen MR) is 142 cm³/mol. The number of nitrogens with zero attached hydrogens (tertiary/aromatic N) is 3. The van der Waals surface area contributed by atoms with Crippen molar-refractivity contribution in [2.75, 3.05) is 40.9 Å². The van der Waals surface area contributed by atoms with Crippen LogP contribution in [0.25, 0.3) is 0 Å². The predicted octanol–water partition coefficient (Wildman–Crippen LogP) is 7.13. The molecule has 0 spiro atoms. The fourth-order valence-corrected chi connectivity index (χ4v) is 5.53. The molecule has 3 aromatic rings. The Hall–Kier alpha value is -2.92. The van der Waals surface area contributed by atoms with Gasteiger partial charge in [0.1, 0.15) is 0 Å². The van der Waals surface area contributed by atoms with Crippen LogP contribution in [0.3, 0.4) is 0 Å². The van der Waals surface area contributed by atoms with Gasteiger partial charge in [-0.3, -0.25) is 9.69 Å². The lowest BCUT2D eigenvalue weighted by Crippen LogP contribution is -2.29. The van der Waals surface area contributed by atoms with Crippen LogP contribution < -0.4 is 14.7 Å². The number of amides is 1. The molecule has 0 aromatic heterocycles. The molecule has 4 nitrogen and oxygen atoms in total. The lowest BCUT2D eigenvalue weighted by atomic mass is 10.1. The monoisotopic (exact) mass is 459 g/mol. The number of anilines is 4. The Bertz CT molecular complexity index is 1070. The first-order valence-electron chi connectivity index (χ1n) is 11.9. The van der Waals surface area contributed by atoms with Crippen LogP contribution in [0.5, 0.6) is 0 Å². The normalized spacial score (nSPS) is 12.2. The summed E-state index contributed by atoms with van der Waals surface area (Å²) < 4.78 is 0. The first kappa shape index (κ1) is 23.2. The van der Waals surface area contributed by atoms with E-state index in [1.165, 1.54) is 11.4 Å². The van der Waals surface area contributed by atoms with Crippen molar-refractivity contribution < 1.29 is 4.79 Å².